The Morgan fingerprint density at radius 1 is 0.879 bits per heavy atom. The molecule has 33 heavy (non-hydrogen) atoms. The molecule has 1 radical (unpaired) electrons. The van der Waals surface area contributed by atoms with Crippen molar-refractivity contribution < 1.29 is 9.76 Å². The molecule has 0 aliphatic heterocycles. The molecule has 0 atom stereocenters. The van der Waals surface area contributed by atoms with E-state index in [9.17, 15) is 5.11 Å². The molecule has 0 amide bonds. The number of hydrogen-bond donors (Lipinski definition) is 1. The van der Waals surface area contributed by atoms with Crippen LogP contribution in [0.3, 0.4) is 0 Å². The summed E-state index contributed by atoms with van der Waals surface area (Å²) >= 11 is 0. The lowest BCUT2D eigenvalue weighted by molar-refractivity contribution is -0.0893. The third kappa shape index (κ3) is 5.92. The maximum Gasteiger partial charge on any atom is 0.330 e. The van der Waals surface area contributed by atoms with Crippen LogP contribution in [0, 0.1) is 0 Å². The van der Waals surface area contributed by atoms with Crippen LogP contribution < -0.4 is 5.46 Å². The first-order valence-corrected chi connectivity index (χ1v) is 10.8. The second kappa shape index (κ2) is 10.1. The average Bonchev–Trinajstić information content (AvgIpc) is 2.81. The molecule has 1 heterocycles. The zero-order chi connectivity index (χ0) is 24.1. The molecular formula is C27H29BN3O2. The Morgan fingerprint density at radius 2 is 1.45 bits per heavy atom. The molecule has 3 aromatic rings. The van der Waals surface area contributed by atoms with Gasteiger partial charge in [0.1, 0.15) is 0 Å². The van der Waals surface area contributed by atoms with E-state index >= 15 is 0 Å². The largest absolute Gasteiger partial charge is 0.427 e. The van der Waals surface area contributed by atoms with Crippen molar-refractivity contribution in [1.29, 1.82) is 0 Å². The van der Waals surface area contributed by atoms with Crippen LogP contribution >= 0.6 is 0 Å². The number of hydrogen-bond acceptors (Lipinski definition) is 5. The lowest BCUT2D eigenvalue weighted by atomic mass is 9.82. The van der Waals surface area contributed by atoms with Gasteiger partial charge in [0, 0.05) is 16.7 Å². The van der Waals surface area contributed by atoms with E-state index in [1.807, 2.05) is 74.5 Å². The molecule has 1 aromatic heterocycles. The molecule has 1 N–H and O–H groups in total. The number of rotatable bonds is 9. The molecule has 0 fully saturated rings. The minimum absolute atomic E-state index is 0.527. The van der Waals surface area contributed by atoms with E-state index < -0.39 is 11.2 Å². The van der Waals surface area contributed by atoms with Gasteiger partial charge in [-0.05, 0) is 27.7 Å². The Hall–Kier alpha value is -3.35. The van der Waals surface area contributed by atoms with Crippen molar-refractivity contribution in [1.82, 2.24) is 15.0 Å². The lowest BCUT2D eigenvalue weighted by Crippen LogP contribution is -2.49. The Bertz CT molecular complexity index is 1150. The fraction of sp³-hybridized carbons (Fsp3) is 0.222. The number of aliphatic hydroxyl groups is 1. The van der Waals surface area contributed by atoms with Crippen molar-refractivity contribution in [3.05, 3.63) is 91.8 Å². The zero-order valence-electron chi connectivity index (χ0n) is 19.6. The molecule has 5 nitrogen and oxygen atoms in total. The van der Waals surface area contributed by atoms with Crippen LogP contribution in [0.15, 0.2) is 86.0 Å². The maximum absolute atomic E-state index is 10.3. The first-order chi connectivity index (χ1) is 15.6. The number of benzene rings is 2. The molecule has 0 aliphatic rings. The highest BCUT2D eigenvalue weighted by Crippen LogP contribution is 2.25. The number of aromatic nitrogens is 3. The summed E-state index contributed by atoms with van der Waals surface area (Å²) in [5, 5.41) is 10.3. The van der Waals surface area contributed by atoms with Crippen LogP contribution in [-0.4, -0.2) is 38.7 Å². The Kier molecular flexibility index (Phi) is 7.41. The normalized spacial score (nSPS) is 12.3. The first-order valence-electron chi connectivity index (χ1n) is 10.8. The van der Waals surface area contributed by atoms with Crippen LogP contribution in [-0.2, 0) is 4.65 Å². The minimum Gasteiger partial charge on any atom is -0.427 e. The summed E-state index contributed by atoms with van der Waals surface area (Å²) in [6.45, 7) is 14.8. The Balaban J connectivity index is 1.95. The van der Waals surface area contributed by atoms with Gasteiger partial charge in [0.05, 0.1) is 11.2 Å². The van der Waals surface area contributed by atoms with Crippen molar-refractivity contribution in [2.24, 2.45) is 0 Å². The van der Waals surface area contributed by atoms with Gasteiger partial charge in [0.2, 0.25) is 0 Å². The minimum atomic E-state index is -0.986. The van der Waals surface area contributed by atoms with E-state index in [0.29, 0.717) is 17.5 Å². The maximum atomic E-state index is 10.3. The van der Waals surface area contributed by atoms with E-state index in [-0.39, 0.29) is 0 Å². The van der Waals surface area contributed by atoms with Crippen LogP contribution in [0.2, 0.25) is 0 Å². The molecule has 2 aromatic carbocycles. The van der Waals surface area contributed by atoms with Gasteiger partial charge in [0.15, 0.2) is 17.5 Å². The molecule has 0 aliphatic carbocycles. The van der Waals surface area contributed by atoms with Crippen molar-refractivity contribution >= 4 is 18.5 Å². The molecule has 0 saturated heterocycles. The quantitative estimate of drug-likeness (QED) is 0.385. The lowest BCUT2D eigenvalue weighted by Gasteiger charge is -2.37. The highest BCUT2D eigenvalue weighted by Gasteiger charge is 2.35. The third-order valence-electron chi connectivity index (χ3n) is 5.57. The summed E-state index contributed by atoms with van der Waals surface area (Å²) in [6, 6.07) is 17.5. The molecule has 0 saturated carbocycles. The zero-order valence-corrected chi connectivity index (χ0v) is 19.6. The highest BCUT2D eigenvalue weighted by atomic mass is 16.5. The molecule has 167 valence electrons. The smallest absolute Gasteiger partial charge is 0.330 e. The van der Waals surface area contributed by atoms with Gasteiger partial charge in [-0.2, -0.15) is 0 Å². The second-order valence-corrected chi connectivity index (χ2v) is 8.66. The van der Waals surface area contributed by atoms with Gasteiger partial charge in [-0.15, -0.1) is 0 Å². The van der Waals surface area contributed by atoms with Gasteiger partial charge >= 0.3 is 7.48 Å². The van der Waals surface area contributed by atoms with Crippen molar-refractivity contribution in [2.45, 2.75) is 38.9 Å². The van der Waals surface area contributed by atoms with E-state index in [4.69, 9.17) is 9.64 Å². The molecule has 0 bridgehead atoms. The van der Waals surface area contributed by atoms with Crippen LogP contribution in [0.4, 0.5) is 0 Å². The summed E-state index contributed by atoms with van der Waals surface area (Å²) in [5.74, 6) is 1.66. The summed E-state index contributed by atoms with van der Waals surface area (Å²) in [5.41, 5.74) is 1.65. The summed E-state index contributed by atoms with van der Waals surface area (Å²) in [6.07, 6.45) is 5.21. The molecular weight excluding hydrogens is 409 g/mol. The molecule has 3 rings (SSSR count). The van der Waals surface area contributed by atoms with E-state index in [0.717, 1.165) is 22.2 Å². The Morgan fingerprint density at radius 3 is 1.97 bits per heavy atom. The predicted octanol–water partition coefficient (Wildman–Crippen LogP) is 4.77. The van der Waals surface area contributed by atoms with Gasteiger partial charge in [-0.3, -0.25) is 0 Å². The van der Waals surface area contributed by atoms with Crippen molar-refractivity contribution in [3.8, 4) is 22.8 Å². The van der Waals surface area contributed by atoms with Crippen molar-refractivity contribution in [3.63, 3.8) is 0 Å². The first kappa shape index (κ1) is 24.3. The summed E-state index contributed by atoms with van der Waals surface area (Å²) in [4.78, 5) is 14.1. The van der Waals surface area contributed by atoms with Gasteiger partial charge < -0.3 is 9.76 Å². The monoisotopic (exact) mass is 438 g/mol. The van der Waals surface area contributed by atoms with E-state index in [1.54, 1.807) is 33.5 Å². The molecule has 0 unspecified atom stereocenters. The highest BCUT2D eigenvalue weighted by molar-refractivity contribution is 6.47. The standard InChI is InChI=1S/C27H29BN3O2/c1-7-12-19(8-2)23-29-24(20-13-10-9-11-14-20)31-25(30-23)21-15-17-22(18-16-21)28-33-27(5,6)26(3,4)32/h7-18,32H,1-2H2,3-6H3/b19-12+. The average molecular weight is 438 g/mol. The van der Waals surface area contributed by atoms with E-state index in [2.05, 4.69) is 23.1 Å². The van der Waals surface area contributed by atoms with Gasteiger partial charge in [-0.25, -0.2) is 15.0 Å². The summed E-state index contributed by atoms with van der Waals surface area (Å²) < 4.78 is 5.85. The fourth-order valence-electron chi connectivity index (χ4n) is 2.78. The fourth-order valence-corrected chi connectivity index (χ4v) is 2.78. The van der Waals surface area contributed by atoms with Gasteiger partial charge in [0.25, 0.3) is 0 Å². The SMILES string of the molecule is C=C/C=C(\C=C)c1nc(-c2ccccc2)nc(-c2ccc([B]OC(C)(C)C(C)(C)O)cc2)n1. The number of allylic oxidation sites excluding steroid dienone is 4. The topological polar surface area (TPSA) is 68.1 Å². The van der Waals surface area contributed by atoms with Crippen molar-refractivity contribution in [2.75, 3.05) is 0 Å². The van der Waals surface area contributed by atoms with E-state index in [1.165, 1.54) is 0 Å². The van der Waals surface area contributed by atoms with Crippen LogP contribution in [0.25, 0.3) is 28.3 Å². The Labute approximate surface area is 196 Å². The second-order valence-electron chi connectivity index (χ2n) is 8.66. The van der Waals surface area contributed by atoms with Gasteiger partial charge in [-0.1, -0.05) is 91.4 Å². The van der Waals surface area contributed by atoms with Crippen LogP contribution in [0.5, 0.6) is 0 Å². The number of nitrogens with zero attached hydrogens (tertiary/aromatic N) is 3. The molecule has 6 heteroatoms. The third-order valence-corrected chi connectivity index (χ3v) is 5.57. The predicted molar refractivity (Wildman–Crippen MR) is 136 cm³/mol. The summed E-state index contributed by atoms with van der Waals surface area (Å²) in [7, 11) is 1.65. The molecule has 0 spiro atoms. The van der Waals surface area contributed by atoms with Crippen LogP contribution in [0.1, 0.15) is 33.5 Å².